The Kier molecular flexibility index (Phi) is 8.31. The normalized spacial score (nSPS) is 11.1. The standard InChI is InChI=1S/C22H22FN7O.HI/c1-2-24-22(27-15-20-29-28-19-5-3-4-12-30(19)20)26-14-16-10-11-25-21(13-16)31-18-8-6-17(23)7-9-18;/h3-13H,2,14-15H2,1H3,(H2,24,26,27);1H. The van der Waals surface area contributed by atoms with E-state index in [-0.39, 0.29) is 29.8 Å². The topological polar surface area (TPSA) is 88.7 Å². The van der Waals surface area contributed by atoms with Crippen molar-refractivity contribution in [3.63, 3.8) is 0 Å². The molecule has 32 heavy (non-hydrogen) atoms. The van der Waals surface area contributed by atoms with E-state index in [4.69, 9.17) is 4.74 Å². The zero-order chi connectivity index (χ0) is 21.5. The average molecular weight is 547 g/mol. The van der Waals surface area contributed by atoms with Crippen molar-refractivity contribution in [3.8, 4) is 11.6 Å². The highest BCUT2D eigenvalue weighted by molar-refractivity contribution is 14.0. The molecule has 4 rings (SSSR count). The van der Waals surface area contributed by atoms with E-state index >= 15 is 0 Å². The smallest absolute Gasteiger partial charge is 0.219 e. The zero-order valence-corrected chi connectivity index (χ0v) is 19.7. The maximum atomic E-state index is 13.1. The van der Waals surface area contributed by atoms with Gasteiger partial charge in [-0.2, -0.15) is 0 Å². The van der Waals surface area contributed by atoms with Gasteiger partial charge in [-0.05, 0) is 55.0 Å². The van der Waals surface area contributed by atoms with Crippen LogP contribution in [0.4, 0.5) is 4.39 Å². The summed E-state index contributed by atoms with van der Waals surface area (Å²) >= 11 is 0. The van der Waals surface area contributed by atoms with Crippen molar-refractivity contribution in [1.29, 1.82) is 0 Å². The van der Waals surface area contributed by atoms with Gasteiger partial charge in [0.1, 0.15) is 11.6 Å². The van der Waals surface area contributed by atoms with Crippen LogP contribution in [0.15, 0.2) is 72.0 Å². The van der Waals surface area contributed by atoms with E-state index in [1.165, 1.54) is 12.1 Å². The van der Waals surface area contributed by atoms with Crippen molar-refractivity contribution in [1.82, 2.24) is 30.2 Å². The Balaban J connectivity index is 0.00000289. The number of ether oxygens (including phenoxy) is 1. The molecule has 0 spiro atoms. The summed E-state index contributed by atoms with van der Waals surface area (Å²) in [5, 5.41) is 14.9. The molecule has 0 bridgehead atoms. The maximum absolute atomic E-state index is 13.1. The lowest BCUT2D eigenvalue weighted by molar-refractivity contribution is 0.460. The third-order valence-corrected chi connectivity index (χ3v) is 4.40. The molecule has 3 aromatic heterocycles. The number of benzene rings is 1. The molecule has 8 nitrogen and oxygen atoms in total. The lowest BCUT2D eigenvalue weighted by atomic mass is 10.2. The Morgan fingerprint density at radius 1 is 1.09 bits per heavy atom. The highest BCUT2D eigenvalue weighted by Gasteiger charge is 2.06. The lowest BCUT2D eigenvalue weighted by Crippen LogP contribution is -2.37. The highest BCUT2D eigenvalue weighted by atomic mass is 127. The molecular weight excluding hydrogens is 524 g/mol. The van der Waals surface area contributed by atoms with Crippen molar-refractivity contribution in [2.45, 2.75) is 20.0 Å². The van der Waals surface area contributed by atoms with Gasteiger partial charge in [0.2, 0.25) is 5.88 Å². The number of rotatable bonds is 7. The molecule has 4 aromatic rings. The summed E-state index contributed by atoms with van der Waals surface area (Å²) in [6.45, 7) is 3.64. The van der Waals surface area contributed by atoms with Crippen LogP contribution in [0.2, 0.25) is 0 Å². The van der Waals surface area contributed by atoms with Crippen molar-refractivity contribution in [3.05, 3.63) is 84.2 Å². The molecule has 166 valence electrons. The first-order chi connectivity index (χ1) is 15.2. The number of hydrogen-bond donors (Lipinski definition) is 2. The predicted molar refractivity (Wildman–Crippen MR) is 131 cm³/mol. The van der Waals surface area contributed by atoms with Crippen LogP contribution in [0.25, 0.3) is 5.65 Å². The van der Waals surface area contributed by atoms with Gasteiger partial charge in [0.25, 0.3) is 0 Å². The van der Waals surface area contributed by atoms with E-state index in [1.807, 2.05) is 47.9 Å². The third-order valence-electron chi connectivity index (χ3n) is 4.40. The van der Waals surface area contributed by atoms with Crippen molar-refractivity contribution >= 4 is 35.6 Å². The average Bonchev–Trinajstić information content (AvgIpc) is 3.21. The van der Waals surface area contributed by atoms with Crippen LogP contribution in [0, 0.1) is 5.82 Å². The van der Waals surface area contributed by atoms with E-state index in [0.717, 1.165) is 23.6 Å². The Labute approximate surface area is 202 Å². The Hall–Kier alpha value is -3.28. The molecule has 1 aromatic carbocycles. The molecule has 0 saturated heterocycles. The van der Waals surface area contributed by atoms with Gasteiger partial charge >= 0.3 is 0 Å². The minimum absolute atomic E-state index is 0. The number of halogens is 2. The predicted octanol–water partition coefficient (Wildman–Crippen LogP) is 3.93. The minimum Gasteiger partial charge on any atom is -0.439 e. The molecule has 0 aliphatic rings. The molecule has 0 aliphatic heterocycles. The van der Waals surface area contributed by atoms with Crippen LogP contribution in [0.5, 0.6) is 11.6 Å². The van der Waals surface area contributed by atoms with Gasteiger partial charge in [-0.15, -0.1) is 34.2 Å². The molecule has 0 atom stereocenters. The fourth-order valence-electron chi connectivity index (χ4n) is 2.91. The molecule has 0 amide bonds. The second kappa shape index (κ2) is 11.4. The number of pyridine rings is 2. The van der Waals surface area contributed by atoms with Gasteiger partial charge in [0.15, 0.2) is 17.4 Å². The van der Waals surface area contributed by atoms with E-state index in [2.05, 4.69) is 30.8 Å². The van der Waals surface area contributed by atoms with Gasteiger partial charge in [-0.3, -0.25) is 4.40 Å². The number of fused-ring (bicyclic) bond motifs is 1. The Morgan fingerprint density at radius 3 is 2.75 bits per heavy atom. The van der Waals surface area contributed by atoms with Crippen molar-refractivity contribution in [2.75, 3.05) is 6.54 Å². The number of nitrogens with zero attached hydrogens (tertiary/aromatic N) is 5. The number of aliphatic imine (C=N–C) groups is 1. The van der Waals surface area contributed by atoms with Crippen LogP contribution < -0.4 is 15.4 Å². The Morgan fingerprint density at radius 2 is 1.94 bits per heavy atom. The van der Waals surface area contributed by atoms with Gasteiger partial charge < -0.3 is 15.4 Å². The molecule has 10 heteroatoms. The quantitative estimate of drug-likeness (QED) is 0.207. The summed E-state index contributed by atoms with van der Waals surface area (Å²) in [5.74, 6) is 2.08. The molecule has 3 heterocycles. The van der Waals surface area contributed by atoms with Crippen molar-refractivity contribution < 1.29 is 9.13 Å². The number of nitrogens with one attached hydrogen (secondary N) is 2. The summed E-state index contributed by atoms with van der Waals surface area (Å²) in [4.78, 5) is 8.83. The van der Waals surface area contributed by atoms with E-state index in [9.17, 15) is 4.39 Å². The van der Waals surface area contributed by atoms with Crippen LogP contribution in [0.3, 0.4) is 0 Å². The largest absolute Gasteiger partial charge is 0.439 e. The molecule has 2 N–H and O–H groups in total. The fraction of sp³-hybridized carbons (Fsp3) is 0.182. The van der Waals surface area contributed by atoms with Crippen LogP contribution >= 0.6 is 24.0 Å². The van der Waals surface area contributed by atoms with Crippen LogP contribution in [-0.2, 0) is 13.1 Å². The number of guanidine groups is 1. The summed E-state index contributed by atoms with van der Waals surface area (Å²) in [5.41, 5.74) is 1.73. The first-order valence-corrected chi connectivity index (χ1v) is 9.90. The second-order valence-corrected chi connectivity index (χ2v) is 6.65. The number of hydrogen-bond acceptors (Lipinski definition) is 5. The molecule has 0 unspecified atom stereocenters. The molecular formula is C22H23FIN7O. The van der Waals surface area contributed by atoms with Crippen molar-refractivity contribution in [2.24, 2.45) is 4.99 Å². The summed E-state index contributed by atoms with van der Waals surface area (Å²) in [6, 6.07) is 15.3. The van der Waals surface area contributed by atoms with Gasteiger partial charge in [-0.1, -0.05) is 6.07 Å². The monoisotopic (exact) mass is 547 g/mol. The molecule has 0 radical (unpaired) electrons. The SMILES string of the molecule is CCNC(=NCc1ccnc(Oc2ccc(F)cc2)c1)NCc1nnc2ccccn12.I. The maximum Gasteiger partial charge on any atom is 0.219 e. The summed E-state index contributed by atoms with van der Waals surface area (Å²) in [6.07, 6.45) is 3.59. The van der Waals surface area contributed by atoms with E-state index in [1.54, 1.807) is 18.3 Å². The molecule has 0 fully saturated rings. The first kappa shape index (κ1) is 23.4. The summed E-state index contributed by atoms with van der Waals surface area (Å²) in [7, 11) is 0. The lowest BCUT2D eigenvalue weighted by Gasteiger charge is -2.11. The third kappa shape index (κ3) is 6.13. The van der Waals surface area contributed by atoms with Gasteiger partial charge in [0, 0.05) is 25.0 Å². The minimum atomic E-state index is -0.314. The number of aromatic nitrogens is 4. The molecule has 0 saturated carbocycles. The van der Waals surface area contributed by atoms with Gasteiger partial charge in [-0.25, -0.2) is 14.4 Å². The Bertz CT molecular complexity index is 1180. The van der Waals surface area contributed by atoms with Crippen LogP contribution in [0.1, 0.15) is 18.3 Å². The fourth-order valence-corrected chi connectivity index (χ4v) is 2.91. The highest BCUT2D eigenvalue weighted by Crippen LogP contribution is 2.20. The zero-order valence-electron chi connectivity index (χ0n) is 17.4. The second-order valence-electron chi connectivity index (χ2n) is 6.65. The molecule has 0 aliphatic carbocycles. The summed E-state index contributed by atoms with van der Waals surface area (Å²) < 4.78 is 20.7. The first-order valence-electron chi connectivity index (χ1n) is 9.90. The van der Waals surface area contributed by atoms with Crippen LogP contribution in [-0.4, -0.2) is 32.1 Å². The van der Waals surface area contributed by atoms with Gasteiger partial charge in [0.05, 0.1) is 13.1 Å². The van der Waals surface area contributed by atoms with E-state index < -0.39 is 0 Å². The van der Waals surface area contributed by atoms with E-state index in [0.29, 0.717) is 30.7 Å².